The van der Waals surface area contributed by atoms with Crippen LogP contribution >= 0.6 is 0 Å². The summed E-state index contributed by atoms with van der Waals surface area (Å²) in [5.74, 6) is 0. The molecule has 0 aromatic carbocycles. The normalized spacial score (nSPS) is 10.7. The number of ether oxygens (including phenoxy) is 1. The lowest BCUT2D eigenvalue weighted by Gasteiger charge is -1.99. The average Bonchev–Trinajstić information content (AvgIpc) is 1.80. The number of halogens is 2. The van der Waals surface area contributed by atoms with Crippen LogP contribution in [0, 0.1) is 6.92 Å². The fourth-order valence-electron chi connectivity index (χ4n) is 0.377. The standard InChI is InChI=1S/C6H11F2O/c1-2-4-9-5-3-6(7)8/h6H,1-5H2. The maximum Gasteiger partial charge on any atom is 0.240 e. The monoisotopic (exact) mass is 137 g/mol. The third-order valence-electron chi connectivity index (χ3n) is 0.769. The van der Waals surface area contributed by atoms with E-state index in [0.717, 1.165) is 0 Å². The van der Waals surface area contributed by atoms with Gasteiger partial charge in [-0.05, 0) is 6.42 Å². The summed E-state index contributed by atoms with van der Waals surface area (Å²) in [7, 11) is 0. The molecule has 0 aliphatic rings. The number of alkyl halides is 2. The fourth-order valence-corrected chi connectivity index (χ4v) is 0.377. The van der Waals surface area contributed by atoms with Gasteiger partial charge in [-0.1, -0.05) is 6.92 Å². The highest BCUT2D eigenvalue weighted by Crippen LogP contribution is 1.98. The first kappa shape index (κ1) is 8.82. The maximum atomic E-state index is 11.4. The molecule has 0 aromatic heterocycles. The van der Waals surface area contributed by atoms with Crippen LogP contribution in [0.2, 0.25) is 0 Å². The van der Waals surface area contributed by atoms with Crippen molar-refractivity contribution < 1.29 is 13.5 Å². The molecule has 0 rings (SSSR count). The van der Waals surface area contributed by atoms with Crippen molar-refractivity contribution >= 4 is 0 Å². The summed E-state index contributed by atoms with van der Waals surface area (Å²) in [6.45, 7) is 4.11. The number of rotatable bonds is 5. The maximum absolute atomic E-state index is 11.4. The second kappa shape index (κ2) is 5.95. The van der Waals surface area contributed by atoms with Gasteiger partial charge in [0, 0.05) is 13.0 Å². The molecule has 0 heterocycles. The molecule has 3 heteroatoms. The first-order valence-electron chi connectivity index (χ1n) is 2.92. The zero-order valence-electron chi connectivity index (χ0n) is 5.28. The smallest absolute Gasteiger partial charge is 0.240 e. The third-order valence-corrected chi connectivity index (χ3v) is 0.769. The molecule has 1 radical (unpaired) electrons. The van der Waals surface area contributed by atoms with E-state index in [9.17, 15) is 8.78 Å². The fraction of sp³-hybridized carbons (Fsp3) is 0.833. The summed E-state index contributed by atoms with van der Waals surface area (Å²) in [6.07, 6.45) is -1.77. The van der Waals surface area contributed by atoms with Crippen LogP contribution in [0.25, 0.3) is 0 Å². The highest BCUT2D eigenvalue weighted by molar-refractivity contribution is 4.39. The van der Waals surface area contributed by atoms with E-state index >= 15 is 0 Å². The van der Waals surface area contributed by atoms with Gasteiger partial charge in [-0.25, -0.2) is 8.78 Å². The molecule has 0 atom stereocenters. The van der Waals surface area contributed by atoms with E-state index < -0.39 is 6.43 Å². The van der Waals surface area contributed by atoms with Gasteiger partial charge in [-0.15, -0.1) is 0 Å². The highest BCUT2D eigenvalue weighted by atomic mass is 19.3. The summed E-state index contributed by atoms with van der Waals surface area (Å²) >= 11 is 0. The Kier molecular flexibility index (Phi) is 5.83. The van der Waals surface area contributed by atoms with Gasteiger partial charge in [0.25, 0.3) is 0 Å². The Morgan fingerprint density at radius 1 is 1.33 bits per heavy atom. The first-order chi connectivity index (χ1) is 4.27. The molecule has 0 amide bonds. The summed E-state index contributed by atoms with van der Waals surface area (Å²) in [5, 5.41) is 0. The molecule has 0 aliphatic carbocycles. The predicted octanol–water partition coefficient (Wildman–Crippen LogP) is 1.88. The average molecular weight is 137 g/mol. The predicted molar refractivity (Wildman–Crippen MR) is 31.4 cm³/mol. The van der Waals surface area contributed by atoms with Crippen LogP contribution in [-0.2, 0) is 4.74 Å². The summed E-state index contributed by atoms with van der Waals surface area (Å²) < 4.78 is 27.5. The molecule has 0 N–H and O–H groups in total. The van der Waals surface area contributed by atoms with E-state index in [4.69, 9.17) is 4.74 Å². The van der Waals surface area contributed by atoms with Crippen molar-refractivity contribution in [1.82, 2.24) is 0 Å². The molecule has 0 saturated heterocycles. The van der Waals surface area contributed by atoms with Gasteiger partial charge in [0.05, 0.1) is 6.61 Å². The first-order valence-corrected chi connectivity index (χ1v) is 2.92. The SMILES string of the molecule is [CH2]CCOCCC(F)F. The van der Waals surface area contributed by atoms with Gasteiger partial charge in [0.15, 0.2) is 0 Å². The van der Waals surface area contributed by atoms with Crippen LogP contribution < -0.4 is 0 Å². The second-order valence-electron chi connectivity index (χ2n) is 1.65. The van der Waals surface area contributed by atoms with Crippen molar-refractivity contribution in [2.45, 2.75) is 19.3 Å². The van der Waals surface area contributed by atoms with Gasteiger partial charge in [-0.2, -0.15) is 0 Å². The molecular formula is C6H11F2O. The minimum atomic E-state index is -2.24. The summed E-state index contributed by atoms with van der Waals surface area (Å²) in [5.41, 5.74) is 0. The molecular weight excluding hydrogens is 126 g/mol. The lowest BCUT2D eigenvalue weighted by Crippen LogP contribution is -2.00. The van der Waals surface area contributed by atoms with Gasteiger partial charge >= 0.3 is 0 Å². The van der Waals surface area contributed by atoms with Crippen molar-refractivity contribution in [3.63, 3.8) is 0 Å². The van der Waals surface area contributed by atoms with E-state index in [-0.39, 0.29) is 13.0 Å². The zero-order chi connectivity index (χ0) is 7.11. The Labute approximate surface area is 54.0 Å². The van der Waals surface area contributed by atoms with E-state index in [1.165, 1.54) is 0 Å². The largest absolute Gasteiger partial charge is 0.381 e. The molecule has 0 spiro atoms. The summed E-state index contributed by atoms with van der Waals surface area (Å²) in [6, 6.07) is 0. The molecule has 0 unspecified atom stereocenters. The molecule has 0 bridgehead atoms. The minimum absolute atomic E-state index is 0.146. The van der Waals surface area contributed by atoms with Crippen molar-refractivity contribution in [3.8, 4) is 0 Å². The van der Waals surface area contributed by atoms with Crippen LogP contribution in [-0.4, -0.2) is 19.6 Å². The van der Waals surface area contributed by atoms with Gasteiger partial charge in [0.1, 0.15) is 0 Å². The number of hydrogen-bond donors (Lipinski definition) is 0. The third kappa shape index (κ3) is 7.82. The van der Waals surface area contributed by atoms with Gasteiger partial charge < -0.3 is 4.74 Å². The van der Waals surface area contributed by atoms with Crippen molar-refractivity contribution in [2.75, 3.05) is 13.2 Å². The molecule has 0 saturated carbocycles. The van der Waals surface area contributed by atoms with Gasteiger partial charge in [0.2, 0.25) is 6.43 Å². The molecule has 55 valence electrons. The van der Waals surface area contributed by atoms with E-state index in [0.29, 0.717) is 13.0 Å². The van der Waals surface area contributed by atoms with Crippen LogP contribution in [0.1, 0.15) is 12.8 Å². The lowest BCUT2D eigenvalue weighted by molar-refractivity contribution is 0.0685. The molecule has 0 aromatic rings. The van der Waals surface area contributed by atoms with E-state index in [1.807, 2.05) is 0 Å². The van der Waals surface area contributed by atoms with Crippen LogP contribution in [0.3, 0.4) is 0 Å². The van der Waals surface area contributed by atoms with E-state index in [2.05, 4.69) is 6.92 Å². The molecule has 1 nitrogen and oxygen atoms in total. The Bertz CT molecular complexity index is 57.0. The van der Waals surface area contributed by atoms with Crippen molar-refractivity contribution in [2.24, 2.45) is 0 Å². The zero-order valence-corrected chi connectivity index (χ0v) is 5.28. The Balaban J connectivity index is 2.75. The Hall–Kier alpha value is -0.180. The van der Waals surface area contributed by atoms with Crippen molar-refractivity contribution in [1.29, 1.82) is 0 Å². The topological polar surface area (TPSA) is 9.23 Å². The van der Waals surface area contributed by atoms with Crippen LogP contribution in [0.5, 0.6) is 0 Å². The molecule has 0 fully saturated rings. The van der Waals surface area contributed by atoms with Crippen LogP contribution in [0.15, 0.2) is 0 Å². The second-order valence-corrected chi connectivity index (χ2v) is 1.65. The Morgan fingerprint density at radius 3 is 2.44 bits per heavy atom. The van der Waals surface area contributed by atoms with E-state index in [1.54, 1.807) is 0 Å². The minimum Gasteiger partial charge on any atom is -0.381 e. The van der Waals surface area contributed by atoms with Gasteiger partial charge in [-0.3, -0.25) is 0 Å². The van der Waals surface area contributed by atoms with Crippen molar-refractivity contribution in [3.05, 3.63) is 6.92 Å². The molecule has 9 heavy (non-hydrogen) atoms. The molecule has 0 aliphatic heterocycles. The quantitative estimate of drug-likeness (QED) is 0.526. The van der Waals surface area contributed by atoms with Crippen LogP contribution in [0.4, 0.5) is 8.78 Å². The lowest BCUT2D eigenvalue weighted by atomic mass is 10.5. The summed E-state index contributed by atoms with van der Waals surface area (Å²) in [4.78, 5) is 0. The Morgan fingerprint density at radius 2 is 2.00 bits per heavy atom. The number of hydrogen-bond acceptors (Lipinski definition) is 1. The highest BCUT2D eigenvalue weighted by Gasteiger charge is 1.99.